The van der Waals surface area contributed by atoms with Gasteiger partial charge in [-0.25, -0.2) is 14.8 Å². The Morgan fingerprint density at radius 2 is 2.00 bits per heavy atom. The van der Waals surface area contributed by atoms with Gasteiger partial charge < -0.3 is 15.7 Å². The van der Waals surface area contributed by atoms with Gasteiger partial charge in [0.1, 0.15) is 5.69 Å². The normalized spacial score (nSPS) is 10.0. The van der Waals surface area contributed by atoms with Gasteiger partial charge in [-0.15, -0.1) is 0 Å². The first kappa shape index (κ1) is 20.0. The number of carbonyl (C=O) groups is 1. The van der Waals surface area contributed by atoms with Crippen LogP contribution < -0.4 is 10.6 Å². The summed E-state index contributed by atoms with van der Waals surface area (Å²) >= 11 is 0. The number of nitrogens with one attached hydrogen (secondary N) is 2. The van der Waals surface area contributed by atoms with E-state index in [1.165, 1.54) is 18.0 Å². The van der Waals surface area contributed by atoms with E-state index in [0.29, 0.717) is 16.9 Å². The molecule has 0 saturated heterocycles. The number of hydrogen-bond donors (Lipinski definition) is 3. The molecule has 7 heteroatoms. The highest BCUT2D eigenvalue weighted by molar-refractivity contribution is 6.00. The van der Waals surface area contributed by atoms with E-state index in [-0.39, 0.29) is 12.3 Å². The minimum absolute atomic E-state index is 0.141. The van der Waals surface area contributed by atoms with Crippen molar-refractivity contribution in [1.82, 2.24) is 9.97 Å². The predicted molar refractivity (Wildman–Crippen MR) is 109 cm³/mol. The van der Waals surface area contributed by atoms with Crippen LogP contribution >= 0.6 is 0 Å². The number of halogens is 1. The molecule has 0 atom stereocenters. The second-order valence-corrected chi connectivity index (χ2v) is 6.14. The van der Waals surface area contributed by atoms with Crippen molar-refractivity contribution in [3.63, 3.8) is 0 Å². The predicted octanol–water partition coefficient (Wildman–Crippen LogP) is 3.71. The first-order valence-electron chi connectivity index (χ1n) is 8.97. The smallest absolute Gasteiger partial charge is 0.323 e. The maximum absolute atomic E-state index is 13.3. The second-order valence-electron chi connectivity index (χ2n) is 6.14. The lowest BCUT2D eigenvalue weighted by atomic mass is 10.1. The van der Waals surface area contributed by atoms with Crippen LogP contribution in [-0.4, -0.2) is 21.1 Å². The topological polar surface area (TPSA) is 87.1 Å². The van der Waals surface area contributed by atoms with Gasteiger partial charge in [0.05, 0.1) is 12.3 Å². The van der Waals surface area contributed by atoms with E-state index in [1.54, 1.807) is 12.1 Å². The Hall–Kier alpha value is -3.76. The largest absolute Gasteiger partial charge is 0.392 e. The number of aromatic nitrogens is 2. The maximum atomic E-state index is 13.3. The standard InChI is InChI=1S/C22H19FN4O2/c1-2-15-4-3-5-16(10-15)6-7-18-11-19(8-9-24-18)26-22(29)27-20-12-21(23)25-13-17(20)14-28/h3-5,8-13,28H,2,14H2,1H3,(H2,24,25,26,27,29). The molecule has 146 valence electrons. The van der Waals surface area contributed by atoms with Crippen molar-refractivity contribution in [2.24, 2.45) is 0 Å². The minimum Gasteiger partial charge on any atom is -0.392 e. The van der Waals surface area contributed by atoms with Crippen molar-refractivity contribution in [1.29, 1.82) is 0 Å². The molecule has 3 N–H and O–H groups in total. The van der Waals surface area contributed by atoms with Gasteiger partial charge in [-0.3, -0.25) is 0 Å². The Balaban J connectivity index is 1.71. The monoisotopic (exact) mass is 390 g/mol. The molecule has 0 spiro atoms. The summed E-state index contributed by atoms with van der Waals surface area (Å²) in [6.07, 6.45) is 3.63. The van der Waals surface area contributed by atoms with Crippen molar-refractivity contribution < 1.29 is 14.3 Å². The lowest BCUT2D eigenvalue weighted by Gasteiger charge is -2.10. The fourth-order valence-electron chi connectivity index (χ4n) is 2.57. The van der Waals surface area contributed by atoms with E-state index in [9.17, 15) is 14.3 Å². The molecular weight excluding hydrogens is 371 g/mol. The van der Waals surface area contributed by atoms with Crippen LogP contribution in [0.3, 0.4) is 0 Å². The van der Waals surface area contributed by atoms with Crippen molar-refractivity contribution >= 4 is 17.4 Å². The summed E-state index contributed by atoms with van der Waals surface area (Å²) in [5, 5.41) is 14.4. The molecule has 29 heavy (non-hydrogen) atoms. The van der Waals surface area contributed by atoms with Crippen molar-refractivity contribution in [3.05, 3.63) is 83.2 Å². The summed E-state index contributed by atoms with van der Waals surface area (Å²) in [6, 6.07) is 11.7. The maximum Gasteiger partial charge on any atom is 0.323 e. The van der Waals surface area contributed by atoms with Crippen LogP contribution in [0.5, 0.6) is 0 Å². The highest BCUT2D eigenvalue weighted by Crippen LogP contribution is 2.16. The van der Waals surface area contributed by atoms with Gasteiger partial charge >= 0.3 is 6.03 Å². The van der Waals surface area contributed by atoms with E-state index in [4.69, 9.17) is 0 Å². The number of nitrogens with zero attached hydrogens (tertiary/aromatic N) is 2. The lowest BCUT2D eigenvalue weighted by Crippen LogP contribution is -2.20. The summed E-state index contributed by atoms with van der Waals surface area (Å²) < 4.78 is 13.3. The van der Waals surface area contributed by atoms with Crippen LogP contribution in [-0.2, 0) is 13.0 Å². The van der Waals surface area contributed by atoms with E-state index in [1.807, 2.05) is 24.3 Å². The minimum atomic E-state index is -0.758. The average molecular weight is 390 g/mol. The molecule has 0 aliphatic carbocycles. The zero-order chi connectivity index (χ0) is 20.6. The van der Waals surface area contributed by atoms with Crippen LogP contribution in [0, 0.1) is 17.8 Å². The molecule has 0 unspecified atom stereocenters. The average Bonchev–Trinajstić information content (AvgIpc) is 2.73. The molecule has 6 nitrogen and oxygen atoms in total. The number of hydrogen-bond acceptors (Lipinski definition) is 4. The Morgan fingerprint density at radius 1 is 1.14 bits per heavy atom. The number of rotatable bonds is 4. The third-order valence-corrected chi connectivity index (χ3v) is 4.06. The number of urea groups is 1. The molecular formula is C22H19FN4O2. The Labute approximate surface area is 167 Å². The van der Waals surface area contributed by atoms with Gasteiger partial charge in [-0.2, -0.15) is 4.39 Å². The fraction of sp³-hybridized carbons (Fsp3) is 0.136. The molecule has 0 bridgehead atoms. The van der Waals surface area contributed by atoms with Gasteiger partial charge in [0, 0.05) is 35.3 Å². The summed E-state index contributed by atoms with van der Waals surface area (Å²) in [7, 11) is 0. The zero-order valence-electron chi connectivity index (χ0n) is 15.7. The Bertz CT molecular complexity index is 1090. The van der Waals surface area contributed by atoms with Crippen molar-refractivity contribution in [2.75, 3.05) is 10.6 Å². The molecule has 3 rings (SSSR count). The summed E-state index contributed by atoms with van der Waals surface area (Å²) in [5.41, 5.74) is 3.50. The highest BCUT2D eigenvalue weighted by atomic mass is 19.1. The van der Waals surface area contributed by atoms with Crippen molar-refractivity contribution in [3.8, 4) is 11.8 Å². The Morgan fingerprint density at radius 3 is 2.79 bits per heavy atom. The second kappa shape index (κ2) is 9.44. The number of aliphatic hydroxyl groups excluding tert-OH is 1. The summed E-state index contributed by atoms with van der Waals surface area (Å²) in [5.74, 6) is 5.28. The first-order valence-corrected chi connectivity index (χ1v) is 8.97. The number of amides is 2. The van der Waals surface area contributed by atoms with Crippen LogP contribution in [0.15, 0.2) is 54.9 Å². The molecule has 2 amide bonds. The SMILES string of the molecule is CCc1cccc(C#Cc2cc(NC(=O)Nc3cc(F)ncc3CO)ccn2)c1. The molecule has 0 radical (unpaired) electrons. The molecule has 1 aromatic carbocycles. The molecule has 2 heterocycles. The zero-order valence-corrected chi connectivity index (χ0v) is 15.7. The number of pyridine rings is 2. The van der Waals surface area contributed by atoms with Crippen LogP contribution in [0.1, 0.15) is 29.3 Å². The van der Waals surface area contributed by atoms with Gasteiger partial charge in [0.15, 0.2) is 0 Å². The molecule has 3 aromatic rings. The molecule has 2 aromatic heterocycles. The summed E-state index contributed by atoms with van der Waals surface area (Å²) in [4.78, 5) is 19.9. The number of benzene rings is 1. The third kappa shape index (κ3) is 5.61. The number of aliphatic hydroxyl groups is 1. The van der Waals surface area contributed by atoms with E-state index in [0.717, 1.165) is 18.1 Å². The van der Waals surface area contributed by atoms with Gasteiger partial charge in [-0.05, 0) is 42.2 Å². The Kier molecular flexibility index (Phi) is 6.51. The van der Waals surface area contributed by atoms with Gasteiger partial charge in [0.25, 0.3) is 0 Å². The van der Waals surface area contributed by atoms with Crippen LogP contribution in [0.4, 0.5) is 20.6 Å². The molecule has 0 saturated carbocycles. The number of carbonyl (C=O) groups excluding carboxylic acids is 1. The van der Waals surface area contributed by atoms with Crippen LogP contribution in [0.25, 0.3) is 0 Å². The number of aryl methyl sites for hydroxylation is 1. The van der Waals surface area contributed by atoms with Gasteiger partial charge in [0.2, 0.25) is 5.95 Å². The quantitative estimate of drug-likeness (QED) is 0.468. The van der Waals surface area contributed by atoms with Crippen LogP contribution in [0.2, 0.25) is 0 Å². The fourth-order valence-corrected chi connectivity index (χ4v) is 2.57. The highest BCUT2D eigenvalue weighted by Gasteiger charge is 2.09. The summed E-state index contributed by atoms with van der Waals surface area (Å²) in [6.45, 7) is 1.70. The lowest BCUT2D eigenvalue weighted by molar-refractivity contribution is 0.262. The van der Waals surface area contributed by atoms with E-state index >= 15 is 0 Å². The molecule has 0 fully saturated rings. The van der Waals surface area contributed by atoms with Gasteiger partial charge in [-0.1, -0.05) is 25.0 Å². The molecule has 0 aliphatic heterocycles. The van der Waals surface area contributed by atoms with E-state index in [2.05, 4.69) is 39.4 Å². The van der Waals surface area contributed by atoms with Crippen molar-refractivity contribution in [2.45, 2.75) is 20.0 Å². The number of anilines is 2. The first-order chi connectivity index (χ1) is 14.1. The van der Waals surface area contributed by atoms with E-state index < -0.39 is 12.0 Å². The molecule has 0 aliphatic rings. The third-order valence-electron chi connectivity index (χ3n) is 4.06.